The molecule has 0 unspecified atom stereocenters. The van der Waals surface area contributed by atoms with Gasteiger partial charge in [0.1, 0.15) is 5.82 Å². The van der Waals surface area contributed by atoms with Gasteiger partial charge in [0.15, 0.2) is 0 Å². The van der Waals surface area contributed by atoms with Gasteiger partial charge in [0.05, 0.1) is 28.2 Å². The van der Waals surface area contributed by atoms with Crippen LogP contribution in [0.15, 0.2) is 42.5 Å². The van der Waals surface area contributed by atoms with E-state index in [1.54, 1.807) is 18.2 Å². The van der Waals surface area contributed by atoms with Crippen LogP contribution in [0.4, 0.5) is 13.2 Å². The molecule has 1 aliphatic rings. The van der Waals surface area contributed by atoms with Gasteiger partial charge in [-0.3, -0.25) is 0 Å². The molecule has 30 heavy (non-hydrogen) atoms. The molecule has 2 aromatic carbocycles. The maximum absolute atomic E-state index is 12.5. The second-order valence-corrected chi connectivity index (χ2v) is 8.62. The van der Waals surface area contributed by atoms with Crippen molar-refractivity contribution in [2.75, 3.05) is 0 Å². The smallest absolute Gasteiger partial charge is 0.342 e. The number of hydrogen-bond acceptors (Lipinski definition) is 2. The van der Waals surface area contributed by atoms with E-state index in [1.165, 1.54) is 44.2 Å². The fourth-order valence-corrected chi connectivity index (χ4v) is 3.73. The molecule has 1 heterocycles. The van der Waals surface area contributed by atoms with Crippen molar-refractivity contribution in [3.05, 3.63) is 65.0 Å². The largest absolute Gasteiger partial charge is 0.416 e. The molecule has 0 saturated heterocycles. The molecule has 0 radical (unpaired) electrons. The monoisotopic (exact) mass is 413 g/mol. The predicted molar refractivity (Wildman–Crippen MR) is 112 cm³/mol. The summed E-state index contributed by atoms with van der Waals surface area (Å²) in [5, 5.41) is 8.85. The summed E-state index contributed by atoms with van der Waals surface area (Å²) in [5.74, 6) is 0.643. The molecular formula is C24H26F3N3. The Morgan fingerprint density at radius 2 is 1.70 bits per heavy atom. The van der Waals surface area contributed by atoms with E-state index in [0.717, 1.165) is 28.7 Å². The Morgan fingerprint density at radius 1 is 1.03 bits per heavy atom. The minimum Gasteiger partial charge on any atom is -0.342 e. The van der Waals surface area contributed by atoms with Gasteiger partial charge in [0.25, 0.3) is 0 Å². The van der Waals surface area contributed by atoms with E-state index in [-0.39, 0.29) is 0 Å². The highest BCUT2D eigenvalue weighted by molar-refractivity contribution is 5.76. The molecule has 1 aliphatic carbocycles. The fraction of sp³-hybridized carbons (Fsp3) is 0.417. The third-order valence-corrected chi connectivity index (χ3v) is 5.52. The number of H-pyrrole nitrogens is 1. The van der Waals surface area contributed by atoms with Crippen molar-refractivity contribution in [3.63, 3.8) is 0 Å². The van der Waals surface area contributed by atoms with Crippen molar-refractivity contribution in [3.8, 4) is 6.07 Å². The Balaban J connectivity index is 0.000000269. The third kappa shape index (κ3) is 5.85. The Labute approximate surface area is 175 Å². The third-order valence-electron chi connectivity index (χ3n) is 5.52. The van der Waals surface area contributed by atoms with Crippen molar-refractivity contribution in [2.24, 2.45) is 5.41 Å². The summed E-state index contributed by atoms with van der Waals surface area (Å²) in [6.45, 7) is 4.76. The van der Waals surface area contributed by atoms with Gasteiger partial charge in [-0.2, -0.15) is 18.4 Å². The number of nitrogens with one attached hydrogen (secondary N) is 1. The number of aromatic nitrogens is 2. The molecule has 1 N–H and O–H groups in total. The van der Waals surface area contributed by atoms with Crippen LogP contribution < -0.4 is 0 Å². The number of nitrogens with zero attached hydrogens (tertiary/aromatic N) is 2. The molecule has 1 saturated carbocycles. The van der Waals surface area contributed by atoms with Crippen LogP contribution in [0.3, 0.4) is 0 Å². The highest BCUT2D eigenvalue weighted by Crippen LogP contribution is 2.34. The SMILES string of the molecule is CC1(C)CCCCC1.N#Cc1ccc2nc(Cc3ccc(C(F)(F)F)cc3)[nH]c2c1. The number of imidazole rings is 1. The van der Waals surface area contributed by atoms with E-state index in [2.05, 4.69) is 23.8 Å². The first-order chi connectivity index (χ1) is 14.2. The summed E-state index contributed by atoms with van der Waals surface area (Å²) in [5.41, 5.74) is 2.73. The molecule has 6 heteroatoms. The van der Waals surface area contributed by atoms with Gasteiger partial charge in [-0.1, -0.05) is 45.2 Å². The molecular weight excluding hydrogens is 387 g/mol. The van der Waals surface area contributed by atoms with Crippen LogP contribution in [0.5, 0.6) is 0 Å². The average Bonchev–Trinajstić information content (AvgIpc) is 3.09. The lowest BCUT2D eigenvalue weighted by Gasteiger charge is -2.28. The minimum atomic E-state index is -4.33. The summed E-state index contributed by atoms with van der Waals surface area (Å²) in [6, 6.07) is 12.2. The first-order valence-corrected chi connectivity index (χ1v) is 10.2. The lowest BCUT2D eigenvalue weighted by atomic mass is 9.78. The summed E-state index contributed by atoms with van der Waals surface area (Å²) in [6.07, 6.45) is 3.38. The Bertz CT molecular complexity index is 1020. The van der Waals surface area contributed by atoms with Crippen LogP contribution in [0.25, 0.3) is 11.0 Å². The second kappa shape index (κ2) is 8.91. The summed E-state index contributed by atoms with van der Waals surface area (Å²) < 4.78 is 37.5. The van der Waals surface area contributed by atoms with Crippen LogP contribution in [-0.4, -0.2) is 9.97 Å². The van der Waals surface area contributed by atoms with E-state index >= 15 is 0 Å². The molecule has 1 fully saturated rings. The van der Waals surface area contributed by atoms with Crippen LogP contribution in [0.1, 0.15) is 68.5 Å². The minimum absolute atomic E-state index is 0.398. The van der Waals surface area contributed by atoms with Crippen LogP contribution in [0, 0.1) is 16.7 Å². The van der Waals surface area contributed by atoms with Crippen LogP contribution >= 0.6 is 0 Å². The maximum atomic E-state index is 12.5. The zero-order valence-corrected chi connectivity index (χ0v) is 17.3. The van der Waals surface area contributed by atoms with E-state index in [4.69, 9.17) is 5.26 Å². The number of aromatic amines is 1. The van der Waals surface area contributed by atoms with Gasteiger partial charge in [-0.25, -0.2) is 4.98 Å². The molecule has 3 nitrogen and oxygen atoms in total. The highest BCUT2D eigenvalue weighted by Gasteiger charge is 2.29. The standard InChI is InChI=1S/C16H10F3N3.C8H16/c17-16(18,19)12-4-1-10(2-5-12)8-15-21-13-6-3-11(9-20)7-14(13)22-15;1-8(2)6-4-3-5-7-8/h1-7H,8H2,(H,21,22);3-7H2,1-2H3. The molecule has 3 aromatic rings. The number of hydrogen-bond donors (Lipinski definition) is 1. The summed E-state index contributed by atoms with van der Waals surface area (Å²) in [7, 11) is 0. The van der Waals surface area contributed by atoms with Gasteiger partial charge in [0.2, 0.25) is 0 Å². The molecule has 0 spiro atoms. The number of benzene rings is 2. The van der Waals surface area contributed by atoms with Crippen LogP contribution in [-0.2, 0) is 12.6 Å². The van der Waals surface area contributed by atoms with Crippen molar-refractivity contribution < 1.29 is 13.2 Å². The molecule has 4 rings (SSSR count). The van der Waals surface area contributed by atoms with Gasteiger partial charge < -0.3 is 4.98 Å². The number of nitriles is 1. The quantitative estimate of drug-likeness (QED) is 0.491. The van der Waals surface area contributed by atoms with E-state index < -0.39 is 11.7 Å². The van der Waals surface area contributed by atoms with Crippen molar-refractivity contribution in [1.29, 1.82) is 5.26 Å². The Morgan fingerprint density at radius 3 is 2.23 bits per heavy atom. The second-order valence-electron chi connectivity index (χ2n) is 8.62. The Kier molecular flexibility index (Phi) is 6.50. The molecule has 0 aliphatic heterocycles. The van der Waals surface area contributed by atoms with Gasteiger partial charge in [-0.05, 0) is 54.2 Å². The molecule has 158 valence electrons. The number of rotatable bonds is 2. The lowest BCUT2D eigenvalue weighted by Crippen LogP contribution is -2.14. The maximum Gasteiger partial charge on any atom is 0.416 e. The van der Waals surface area contributed by atoms with Gasteiger partial charge >= 0.3 is 6.18 Å². The zero-order chi connectivity index (χ0) is 21.8. The van der Waals surface area contributed by atoms with Crippen LogP contribution in [0.2, 0.25) is 0 Å². The topological polar surface area (TPSA) is 52.5 Å². The first-order valence-electron chi connectivity index (χ1n) is 10.2. The molecule has 0 bridgehead atoms. The number of fused-ring (bicyclic) bond motifs is 1. The predicted octanol–water partition coefficient (Wildman–Crippen LogP) is 7.02. The van der Waals surface area contributed by atoms with E-state index in [9.17, 15) is 13.2 Å². The zero-order valence-electron chi connectivity index (χ0n) is 17.3. The number of alkyl halides is 3. The van der Waals surface area contributed by atoms with E-state index in [0.29, 0.717) is 23.2 Å². The van der Waals surface area contributed by atoms with Gasteiger partial charge in [-0.15, -0.1) is 0 Å². The van der Waals surface area contributed by atoms with Gasteiger partial charge in [0, 0.05) is 6.42 Å². The van der Waals surface area contributed by atoms with Crippen molar-refractivity contribution >= 4 is 11.0 Å². The fourth-order valence-electron chi connectivity index (χ4n) is 3.73. The molecule has 0 atom stereocenters. The molecule has 1 aromatic heterocycles. The van der Waals surface area contributed by atoms with Crippen molar-refractivity contribution in [2.45, 2.75) is 58.5 Å². The summed E-state index contributed by atoms with van der Waals surface area (Å²) >= 11 is 0. The van der Waals surface area contributed by atoms with Crippen molar-refractivity contribution in [1.82, 2.24) is 9.97 Å². The summed E-state index contributed by atoms with van der Waals surface area (Å²) in [4.78, 5) is 7.45. The van der Waals surface area contributed by atoms with E-state index in [1.807, 2.05) is 6.07 Å². The molecule has 0 amide bonds. The normalized spacial score (nSPS) is 15.9. The first kappa shape index (κ1) is 21.9. The Hall–Kier alpha value is -2.81. The lowest BCUT2D eigenvalue weighted by molar-refractivity contribution is -0.137. The average molecular weight is 413 g/mol. The highest BCUT2D eigenvalue weighted by atomic mass is 19.4. The number of halogens is 3.